The van der Waals surface area contributed by atoms with Gasteiger partial charge in [-0.25, -0.2) is 9.37 Å². The average Bonchev–Trinajstić information content (AvgIpc) is 2.89. The quantitative estimate of drug-likeness (QED) is 0.671. The van der Waals surface area contributed by atoms with E-state index in [-0.39, 0.29) is 5.82 Å². The number of hydrogen-bond donors (Lipinski definition) is 0. The number of hydrogen-bond acceptors (Lipinski definition) is 4. The van der Waals surface area contributed by atoms with Crippen molar-refractivity contribution in [3.63, 3.8) is 0 Å². The molecule has 0 radical (unpaired) electrons. The summed E-state index contributed by atoms with van der Waals surface area (Å²) in [6, 6.07) is 9.27. The van der Waals surface area contributed by atoms with Crippen molar-refractivity contribution in [1.29, 1.82) is 0 Å². The molecule has 0 atom stereocenters. The number of rotatable bonds is 2. The van der Waals surface area contributed by atoms with Gasteiger partial charge in [0, 0.05) is 11.8 Å². The Morgan fingerprint density at radius 2 is 1.89 bits per heavy atom. The minimum absolute atomic E-state index is 0.300. The van der Waals surface area contributed by atoms with E-state index in [0.717, 1.165) is 0 Å². The van der Waals surface area contributed by atoms with Crippen molar-refractivity contribution in [3.05, 3.63) is 53.6 Å². The van der Waals surface area contributed by atoms with E-state index < -0.39 is 0 Å². The molecule has 3 aromatic rings. The van der Waals surface area contributed by atoms with Crippen molar-refractivity contribution >= 4 is 11.6 Å². The lowest BCUT2D eigenvalue weighted by molar-refractivity contribution is 0.432. The van der Waals surface area contributed by atoms with Crippen LogP contribution in [0.2, 0.25) is 5.15 Å². The normalized spacial score (nSPS) is 10.6. The molecule has 19 heavy (non-hydrogen) atoms. The molecule has 0 saturated heterocycles. The van der Waals surface area contributed by atoms with Crippen LogP contribution in [0.4, 0.5) is 4.39 Å². The Kier molecular flexibility index (Phi) is 2.97. The van der Waals surface area contributed by atoms with E-state index >= 15 is 0 Å². The van der Waals surface area contributed by atoms with Gasteiger partial charge in [0.15, 0.2) is 0 Å². The first kappa shape index (κ1) is 11.8. The van der Waals surface area contributed by atoms with Crippen molar-refractivity contribution < 1.29 is 8.91 Å². The second-order valence-electron chi connectivity index (χ2n) is 3.77. The third-order valence-electron chi connectivity index (χ3n) is 2.52. The molecule has 2 aromatic heterocycles. The summed E-state index contributed by atoms with van der Waals surface area (Å²) < 4.78 is 18.0. The van der Waals surface area contributed by atoms with E-state index in [2.05, 4.69) is 15.1 Å². The van der Waals surface area contributed by atoms with Crippen molar-refractivity contribution in [2.75, 3.05) is 0 Å². The first-order valence-electron chi connectivity index (χ1n) is 5.44. The first-order valence-corrected chi connectivity index (χ1v) is 5.82. The lowest BCUT2D eigenvalue weighted by atomic mass is 10.2. The smallest absolute Gasteiger partial charge is 0.258 e. The van der Waals surface area contributed by atoms with Crippen LogP contribution < -0.4 is 0 Å². The molecule has 0 spiro atoms. The van der Waals surface area contributed by atoms with Gasteiger partial charge in [-0.2, -0.15) is 4.98 Å². The zero-order chi connectivity index (χ0) is 13.2. The molecule has 2 heterocycles. The minimum Gasteiger partial charge on any atom is -0.334 e. The molecule has 3 rings (SSSR count). The van der Waals surface area contributed by atoms with E-state index in [1.165, 1.54) is 12.1 Å². The van der Waals surface area contributed by atoms with E-state index in [9.17, 15) is 4.39 Å². The minimum atomic E-state index is -0.321. The fourth-order valence-corrected chi connectivity index (χ4v) is 1.80. The van der Waals surface area contributed by atoms with E-state index in [1.54, 1.807) is 30.5 Å². The molecule has 0 aliphatic carbocycles. The molecule has 6 heteroatoms. The lowest BCUT2D eigenvalue weighted by Crippen LogP contribution is -1.85. The van der Waals surface area contributed by atoms with E-state index in [0.29, 0.717) is 28.0 Å². The molecule has 0 aliphatic heterocycles. The molecule has 0 fully saturated rings. The first-order chi connectivity index (χ1) is 9.24. The molecule has 0 unspecified atom stereocenters. The maximum Gasteiger partial charge on any atom is 0.258 e. The van der Waals surface area contributed by atoms with Gasteiger partial charge in [0.1, 0.15) is 11.0 Å². The van der Waals surface area contributed by atoms with Crippen molar-refractivity contribution in [2.45, 2.75) is 0 Å². The summed E-state index contributed by atoms with van der Waals surface area (Å²) in [4.78, 5) is 8.16. The van der Waals surface area contributed by atoms with Gasteiger partial charge in [-0.1, -0.05) is 16.8 Å². The van der Waals surface area contributed by atoms with Crippen LogP contribution >= 0.6 is 11.6 Å². The van der Waals surface area contributed by atoms with Gasteiger partial charge in [0.25, 0.3) is 5.89 Å². The Morgan fingerprint density at radius 1 is 1.11 bits per heavy atom. The highest BCUT2D eigenvalue weighted by Gasteiger charge is 2.13. The lowest BCUT2D eigenvalue weighted by Gasteiger charge is -1.95. The van der Waals surface area contributed by atoms with Crippen molar-refractivity contribution in [3.8, 4) is 22.8 Å². The van der Waals surface area contributed by atoms with E-state index in [1.807, 2.05) is 0 Å². The SMILES string of the molecule is Fc1ccc(-c2nc(-c3cccnc3Cl)no2)cc1. The molecule has 0 aliphatic rings. The Labute approximate surface area is 112 Å². The van der Waals surface area contributed by atoms with Gasteiger partial charge < -0.3 is 4.52 Å². The Hall–Kier alpha value is -2.27. The summed E-state index contributed by atoms with van der Waals surface area (Å²) in [6.07, 6.45) is 1.58. The Morgan fingerprint density at radius 3 is 2.63 bits per heavy atom. The van der Waals surface area contributed by atoms with Crippen LogP contribution in [0.5, 0.6) is 0 Å². The van der Waals surface area contributed by atoms with Crippen LogP contribution in [0.15, 0.2) is 47.1 Å². The third kappa shape index (κ3) is 2.32. The van der Waals surface area contributed by atoms with Gasteiger partial charge in [0.2, 0.25) is 5.82 Å². The predicted molar refractivity (Wildman–Crippen MR) is 67.9 cm³/mol. The second-order valence-corrected chi connectivity index (χ2v) is 4.13. The van der Waals surface area contributed by atoms with Crippen LogP contribution in [0.25, 0.3) is 22.8 Å². The van der Waals surface area contributed by atoms with Crippen molar-refractivity contribution in [2.24, 2.45) is 0 Å². The standard InChI is InChI=1S/C13H7ClFN3O/c14-11-10(2-1-7-16-11)12-17-13(19-18-12)8-3-5-9(15)6-4-8/h1-7H. The summed E-state index contributed by atoms with van der Waals surface area (Å²) >= 11 is 5.95. The second kappa shape index (κ2) is 4.78. The maximum absolute atomic E-state index is 12.8. The largest absolute Gasteiger partial charge is 0.334 e. The van der Waals surface area contributed by atoms with Crippen molar-refractivity contribution in [1.82, 2.24) is 15.1 Å². The molecule has 0 saturated carbocycles. The molecule has 94 valence electrons. The van der Waals surface area contributed by atoms with Crippen LogP contribution in [0, 0.1) is 5.82 Å². The fraction of sp³-hybridized carbons (Fsp3) is 0. The van der Waals surface area contributed by atoms with Crippen LogP contribution in [0.1, 0.15) is 0 Å². The molecule has 4 nitrogen and oxygen atoms in total. The predicted octanol–water partition coefficient (Wildman–Crippen LogP) is 3.59. The summed E-state index contributed by atoms with van der Waals surface area (Å²) in [7, 11) is 0. The van der Waals surface area contributed by atoms with Gasteiger partial charge in [-0.15, -0.1) is 0 Å². The molecular weight excluding hydrogens is 269 g/mol. The molecule has 0 bridgehead atoms. The zero-order valence-corrected chi connectivity index (χ0v) is 10.3. The third-order valence-corrected chi connectivity index (χ3v) is 2.82. The van der Waals surface area contributed by atoms with Gasteiger partial charge in [-0.05, 0) is 36.4 Å². The highest BCUT2D eigenvalue weighted by molar-refractivity contribution is 6.31. The number of aromatic nitrogens is 3. The highest BCUT2D eigenvalue weighted by atomic mass is 35.5. The number of benzene rings is 1. The van der Waals surface area contributed by atoms with Gasteiger partial charge in [-0.3, -0.25) is 0 Å². The highest BCUT2D eigenvalue weighted by Crippen LogP contribution is 2.26. The summed E-state index contributed by atoms with van der Waals surface area (Å²) in [5.41, 5.74) is 1.22. The molecular formula is C13H7ClFN3O. The van der Waals surface area contributed by atoms with Gasteiger partial charge >= 0.3 is 0 Å². The van der Waals surface area contributed by atoms with Crippen LogP contribution in [0.3, 0.4) is 0 Å². The molecule has 0 N–H and O–H groups in total. The maximum atomic E-state index is 12.8. The van der Waals surface area contributed by atoms with Crippen LogP contribution in [-0.2, 0) is 0 Å². The Balaban J connectivity index is 2.00. The number of pyridine rings is 1. The monoisotopic (exact) mass is 275 g/mol. The summed E-state index contributed by atoms with van der Waals surface area (Å²) in [5.74, 6) is 0.325. The fourth-order valence-electron chi connectivity index (χ4n) is 1.60. The summed E-state index contributed by atoms with van der Waals surface area (Å²) in [6.45, 7) is 0. The van der Waals surface area contributed by atoms with Crippen LogP contribution in [-0.4, -0.2) is 15.1 Å². The topological polar surface area (TPSA) is 51.8 Å². The van der Waals surface area contributed by atoms with Gasteiger partial charge in [0.05, 0.1) is 5.56 Å². The van der Waals surface area contributed by atoms with E-state index in [4.69, 9.17) is 16.1 Å². The zero-order valence-electron chi connectivity index (χ0n) is 9.55. The summed E-state index contributed by atoms with van der Waals surface area (Å²) in [5, 5.41) is 4.14. The Bertz CT molecular complexity index is 712. The molecule has 1 aromatic carbocycles. The molecule has 0 amide bonds. The number of nitrogens with zero attached hydrogens (tertiary/aromatic N) is 3. The average molecular weight is 276 g/mol. The number of halogens is 2.